The van der Waals surface area contributed by atoms with E-state index in [-0.39, 0.29) is 28.9 Å². The molecule has 6 nitrogen and oxygen atoms in total. The molecule has 3 aromatic rings. The number of fused-ring (bicyclic) bond motifs is 1. The number of rotatable bonds is 6. The monoisotopic (exact) mass is 397 g/mol. The smallest absolute Gasteiger partial charge is 0.306 e. The van der Waals surface area contributed by atoms with Crippen LogP contribution in [0.1, 0.15) is 46.5 Å². The molecular formula is C22H20FNO5. The molecule has 0 atom stereocenters. The number of ketones is 1. The summed E-state index contributed by atoms with van der Waals surface area (Å²) in [6.45, 7) is 3.29. The van der Waals surface area contributed by atoms with Crippen LogP contribution in [0.3, 0.4) is 0 Å². The second kappa shape index (κ2) is 8.26. The highest BCUT2D eigenvalue weighted by molar-refractivity contribution is 6.19. The maximum atomic E-state index is 13.6. The number of aromatic nitrogens is 1. The second-order valence-corrected chi connectivity index (χ2v) is 6.55. The Kier molecular flexibility index (Phi) is 5.77. The van der Waals surface area contributed by atoms with Crippen LogP contribution in [0.15, 0.2) is 42.5 Å². The Morgan fingerprint density at radius 3 is 2.41 bits per heavy atom. The van der Waals surface area contributed by atoms with E-state index in [1.54, 1.807) is 31.2 Å². The SMILES string of the molecule is CCOC(=O)CCc1ccc(C(=O)c2c(O)n(C(C)=O)c3cc(F)ccc23)cc1. The predicted octanol–water partition coefficient (Wildman–Crippen LogP) is 3.87. The lowest BCUT2D eigenvalue weighted by Gasteiger charge is -2.05. The number of carbonyl (C=O) groups is 3. The van der Waals surface area contributed by atoms with Crippen LogP contribution >= 0.6 is 0 Å². The lowest BCUT2D eigenvalue weighted by atomic mass is 10.00. The second-order valence-electron chi connectivity index (χ2n) is 6.55. The molecule has 1 aromatic heterocycles. The molecule has 0 fully saturated rings. The minimum atomic E-state index is -0.581. The molecule has 0 radical (unpaired) electrons. The summed E-state index contributed by atoms with van der Waals surface area (Å²) in [5, 5.41) is 10.8. The molecule has 0 aliphatic rings. The number of hydrogen-bond donors (Lipinski definition) is 1. The number of aryl methyl sites for hydroxylation is 1. The molecule has 0 unspecified atom stereocenters. The Hall–Kier alpha value is -3.48. The molecule has 0 amide bonds. The number of nitrogens with zero attached hydrogens (tertiary/aromatic N) is 1. The molecule has 0 aliphatic carbocycles. The highest BCUT2D eigenvalue weighted by atomic mass is 19.1. The van der Waals surface area contributed by atoms with Crippen molar-refractivity contribution in [1.29, 1.82) is 0 Å². The molecule has 0 bridgehead atoms. The maximum absolute atomic E-state index is 13.6. The lowest BCUT2D eigenvalue weighted by molar-refractivity contribution is -0.143. The van der Waals surface area contributed by atoms with E-state index in [9.17, 15) is 23.9 Å². The van der Waals surface area contributed by atoms with Crippen LogP contribution in [0, 0.1) is 5.82 Å². The molecule has 7 heteroatoms. The lowest BCUT2D eigenvalue weighted by Crippen LogP contribution is -2.06. The third-order valence-corrected chi connectivity index (χ3v) is 4.59. The minimum absolute atomic E-state index is 0.0607. The molecule has 2 aromatic carbocycles. The van der Waals surface area contributed by atoms with E-state index in [4.69, 9.17) is 4.74 Å². The van der Waals surface area contributed by atoms with Gasteiger partial charge in [-0.05, 0) is 37.1 Å². The van der Waals surface area contributed by atoms with Crippen molar-refractivity contribution >= 4 is 28.6 Å². The molecule has 1 N–H and O–H groups in total. The molecule has 0 saturated heterocycles. The summed E-state index contributed by atoms with van der Waals surface area (Å²) in [4.78, 5) is 36.4. The van der Waals surface area contributed by atoms with Crippen LogP contribution in [0.5, 0.6) is 5.88 Å². The summed E-state index contributed by atoms with van der Waals surface area (Å²) >= 11 is 0. The van der Waals surface area contributed by atoms with Gasteiger partial charge in [0.1, 0.15) is 5.82 Å². The van der Waals surface area contributed by atoms with Gasteiger partial charge in [0.25, 0.3) is 0 Å². The Labute approximate surface area is 166 Å². The zero-order valence-electron chi connectivity index (χ0n) is 16.1. The first-order valence-electron chi connectivity index (χ1n) is 9.16. The van der Waals surface area contributed by atoms with Crippen molar-refractivity contribution in [2.45, 2.75) is 26.7 Å². The van der Waals surface area contributed by atoms with Gasteiger partial charge >= 0.3 is 5.97 Å². The number of hydrogen-bond acceptors (Lipinski definition) is 5. The number of carbonyl (C=O) groups excluding carboxylic acids is 3. The molecular weight excluding hydrogens is 377 g/mol. The first kappa shape index (κ1) is 20.3. The van der Waals surface area contributed by atoms with Crippen molar-refractivity contribution in [2.75, 3.05) is 6.61 Å². The van der Waals surface area contributed by atoms with Crippen LogP contribution < -0.4 is 0 Å². The summed E-state index contributed by atoms with van der Waals surface area (Å²) in [5.41, 5.74) is 1.22. The summed E-state index contributed by atoms with van der Waals surface area (Å²) in [5.74, 6) is -2.42. The summed E-state index contributed by atoms with van der Waals surface area (Å²) in [7, 11) is 0. The Morgan fingerprint density at radius 2 is 1.79 bits per heavy atom. The maximum Gasteiger partial charge on any atom is 0.306 e. The number of halogens is 1. The van der Waals surface area contributed by atoms with Crippen LogP contribution in [0.2, 0.25) is 0 Å². The molecule has 0 saturated carbocycles. The van der Waals surface area contributed by atoms with Gasteiger partial charge in [-0.15, -0.1) is 0 Å². The summed E-state index contributed by atoms with van der Waals surface area (Å²) in [6.07, 6.45) is 0.709. The minimum Gasteiger partial charge on any atom is -0.494 e. The first-order chi connectivity index (χ1) is 13.8. The Bertz CT molecular complexity index is 1100. The van der Waals surface area contributed by atoms with E-state index < -0.39 is 23.4 Å². The molecule has 0 aliphatic heterocycles. The van der Waals surface area contributed by atoms with Crippen LogP contribution in [-0.4, -0.2) is 33.9 Å². The van der Waals surface area contributed by atoms with Gasteiger partial charge in [0.15, 0.2) is 5.78 Å². The number of esters is 1. The largest absolute Gasteiger partial charge is 0.494 e. The van der Waals surface area contributed by atoms with Gasteiger partial charge in [0, 0.05) is 24.3 Å². The van der Waals surface area contributed by atoms with Crippen molar-refractivity contribution in [3.05, 3.63) is 65.0 Å². The van der Waals surface area contributed by atoms with Crippen molar-refractivity contribution in [3.8, 4) is 5.88 Å². The van der Waals surface area contributed by atoms with Gasteiger partial charge in [-0.25, -0.2) is 8.96 Å². The fourth-order valence-electron chi connectivity index (χ4n) is 3.24. The van der Waals surface area contributed by atoms with E-state index in [2.05, 4.69) is 0 Å². The molecule has 0 spiro atoms. The average Bonchev–Trinajstić information content (AvgIpc) is 2.97. The fraction of sp³-hybridized carbons (Fsp3) is 0.227. The van der Waals surface area contributed by atoms with Crippen molar-refractivity contribution < 1.29 is 28.6 Å². The van der Waals surface area contributed by atoms with Crippen molar-refractivity contribution in [3.63, 3.8) is 0 Å². The normalized spacial score (nSPS) is 10.9. The highest BCUT2D eigenvalue weighted by Gasteiger charge is 2.25. The highest BCUT2D eigenvalue weighted by Crippen LogP contribution is 2.33. The van der Waals surface area contributed by atoms with E-state index >= 15 is 0 Å². The number of ether oxygens (including phenoxy) is 1. The predicted molar refractivity (Wildman–Crippen MR) is 105 cm³/mol. The van der Waals surface area contributed by atoms with Gasteiger partial charge in [-0.2, -0.15) is 0 Å². The van der Waals surface area contributed by atoms with E-state index in [1.165, 1.54) is 19.1 Å². The van der Waals surface area contributed by atoms with Crippen molar-refractivity contribution in [1.82, 2.24) is 4.57 Å². The molecule has 150 valence electrons. The third kappa shape index (κ3) is 4.03. The number of benzene rings is 2. The average molecular weight is 397 g/mol. The summed E-state index contributed by atoms with van der Waals surface area (Å²) in [6, 6.07) is 10.2. The fourth-order valence-corrected chi connectivity index (χ4v) is 3.24. The van der Waals surface area contributed by atoms with Gasteiger partial charge < -0.3 is 9.84 Å². The Balaban J connectivity index is 1.93. The Morgan fingerprint density at radius 1 is 1.10 bits per heavy atom. The van der Waals surface area contributed by atoms with Gasteiger partial charge in [0.05, 0.1) is 17.7 Å². The van der Waals surface area contributed by atoms with Crippen molar-refractivity contribution in [2.24, 2.45) is 0 Å². The summed E-state index contributed by atoms with van der Waals surface area (Å²) < 4.78 is 19.4. The van der Waals surface area contributed by atoms with Crippen LogP contribution in [0.4, 0.5) is 4.39 Å². The third-order valence-electron chi connectivity index (χ3n) is 4.59. The van der Waals surface area contributed by atoms with Crippen LogP contribution in [-0.2, 0) is 16.0 Å². The van der Waals surface area contributed by atoms with E-state index in [0.717, 1.165) is 16.2 Å². The quantitative estimate of drug-likeness (QED) is 0.504. The molecule has 29 heavy (non-hydrogen) atoms. The first-order valence-corrected chi connectivity index (χ1v) is 9.16. The van der Waals surface area contributed by atoms with Crippen LogP contribution in [0.25, 0.3) is 10.9 Å². The van der Waals surface area contributed by atoms with Gasteiger partial charge in [0.2, 0.25) is 11.8 Å². The van der Waals surface area contributed by atoms with E-state index in [1.807, 2.05) is 0 Å². The molecule has 1 heterocycles. The molecule has 3 rings (SSSR count). The zero-order valence-corrected chi connectivity index (χ0v) is 16.1. The number of aromatic hydroxyl groups is 1. The standard InChI is InChI=1S/C22H20FNO5/c1-3-29-19(26)11-6-14-4-7-15(8-5-14)21(27)20-17-10-9-16(23)12-18(17)24(13(2)25)22(20)28/h4-5,7-10,12,28H,3,6,11H2,1-2H3. The topological polar surface area (TPSA) is 85.6 Å². The van der Waals surface area contributed by atoms with Gasteiger partial charge in [-0.3, -0.25) is 14.4 Å². The van der Waals surface area contributed by atoms with Gasteiger partial charge in [-0.1, -0.05) is 24.3 Å². The van der Waals surface area contributed by atoms with E-state index in [0.29, 0.717) is 18.6 Å². The zero-order chi connectivity index (χ0) is 21.1.